The fourth-order valence-corrected chi connectivity index (χ4v) is 6.00. The summed E-state index contributed by atoms with van der Waals surface area (Å²) in [7, 11) is -3.21. The highest BCUT2D eigenvalue weighted by atomic mass is 32.2. The fourth-order valence-electron chi connectivity index (χ4n) is 4.53. The van der Waals surface area contributed by atoms with Gasteiger partial charge in [0.15, 0.2) is 0 Å². The first-order chi connectivity index (χ1) is 12.9. The molecule has 0 bridgehead atoms. The lowest BCUT2D eigenvalue weighted by Gasteiger charge is -2.48. The fraction of sp³-hybridized carbons (Fsp3) is 0.684. The molecule has 1 spiro atoms. The number of hydrogen-bond acceptors (Lipinski definition) is 5. The molecule has 1 unspecified atom stereocenters. The van der Waals surface area contributed by atoms with Crippen LogP contribution < -0.4 is 0 Å². The third-order valence-electron chi connectivity index (χ3n) is 6.01. The van der Waals surface area contributed by atoms with Gasteiger partial charge in [0.2, 0.25) is 10.0 Å². The Hall–Kier alpha value is -1.51. The Bertz CT molecular complexity index is 786. The summed E-state index contributed by atoms with van der Waals surface area (Å²) in [6.45, 7) is 1.86. The van der Waals surface area contributed by atoms with Crippen LogP contribution in [0.1, 0.15) is 48.9 Å². The first kappa shape index (κ1) is 18.8. The molecule has 1 aromatic heterocycles. The van der Waals surface area contributed by atoms with E-state index in [0.717, 1.165) is 38.5 Å². The van der Waals surface area contributed by atoms with Gasteiger partial charge in [-0.25, -0.2) is 8.42 Å². The maximum atomic E-state index is 12.6. The minimum atomic E-state index is -3.21. The van der Waals surface area contributed by atoms with Crippen molar-refractivity contribution in [3.8, 4) is 0 Å². The second-order valence-electron chi connectivity index (χ2n) is 8.03. The molecular weight excluding hydrogens is 366 g/mol. The van der Waals surface area contributed by atoms with E-state index in [1.165, 1.54) is 6.26 Å². The summed E-state index contributed by atoms with van der Waals surface area (Å²) < 4.78 is 32.5. The van der Waals surface area contributed by atoms with E-state index in [2.05, 4.69) is 4.98 Å². The number of carbonyl (C=O) groups is 1. The van der Waals surface area contributed by atoms with Crippen LogP contribution in [0.4, 0.5) is 0 Å². The van der Waals surface area contributed by atoms with Crippen molar-refractivity contribution in [1.29, 1.82) is 0 Å². The Balaban J connectivity index is 1.42. The lowest BCUT2D eigenvalue weighted by Crippen LogP contribution is -2.55. The predicted octanol–water partition coefficient (Wildman–Crippen LogP) is 1.66. The van der Waals surface area contributed by atoms with Crippen molar-refractivity contribution in [3.63, 3.8) is 0 Å². The Morgan fingerprint density at radius 3 is 2.44 bits per heavy atom. The van der Waals surface area contributed by atoms with Crippen molar-refractivity contribution >= 4 is 15.9 Å². The molecule has 1 aliphatic carbocycles. The number of aromatic nitrogens is 1. The van der Waals surface area contributed by atoms with E-state index in [-0.39, 0.29) is 23.6 Å². The van der Waals surface area contributed by atoms with Crippen molar-refractivity contribution in [1.82, 2.24) is 14.2 Å². The zero-order chi connectivity index (χ0) is 19.1. The second kappa shape index (κ2) is 7.14. The maximum Gasteiger partial charge on any atom is 0.253 e. The molecule has 4 rings (SSSR count). The smallest absolute Gasteiger partial charge is 0.253 e. The van der Waals surface area contributed by atoms with E-state index in [4.69, 9.17) is 4.74 Å². The summed E-state index contributed by atoms with van der Waals surface area (Å²) in [5, 5.41) is 0. The van der Waals surface area contributed by atoms with Gasteiger partial charge in [0.25, 0.3) is 5.91 Å². The van der Waals surface area contributed by atoms with E-state index in [0.29, 0.717) is 25.3 Å². The van der Waals surface area contributed by atoms with Gasteiger partial charge in [-0.05, 0) is 50.7 Å². The molecule has 2 aliphatic heterocycles. The standard InChI is InChI=1S/C19H27N3O4S/c1-27(24,25)22(16-2-3-16)17-6-13-26-19(14-17)7-11-21(12-8-19)18(23)15-4-9-20-10-5-15/h4-5,9-10,16-17H,2-3,6-8,11-14H2,1H3. The Morgan fingerprint density at radius 2 is 1.85 bits per heavy atom. The highest BCUT2D eigenvalue weighted by Gasteiger charge is 2.47. The van der Waals surface area contributed by atoms with Crippen molar-refractivity contribution in [2.24, 2.45) is 0 Å². The zero-order valence-corrected chi connectivity index (χ0v) is 16.5. The summed E-state index contributed by atoms with van der Waals surface area (Å²) >= 11 is 0. The van der Waals surface area contributed by atoms with Crippen LogP contribution in [0.5, 0.6) is 0 Å². The van der Waals surface area contributed by atoms with Gasteiger partial charge < -0.3 is 9.64 Å². The van der Waals surface area contributed by atoms with Gasteiger partial charge in [-0.2, -0.15) is 4.31 Å². The number of ether oxygens (including phenoxy) is 1. The number of piperidine rings is 1. The number of pyridine rings is 1. The summed E-state index contributed by atoms with van der Waals surface area (Å²) in [5.74, 6) is 0.0235. The summed E-state index contributed by atoms with van der Waals surface area (Å²) in [6, 6.07) is 3.66. The van der Waals surface area contributed by atoms with E-state index < -0.39 is 10.0 Å². The zero-order valence-electron chi connectivity index (χ0n) is 15.7. The average molecular weight is 394 g/mol. The molecule has 2 saturated heterocycles. The number of rotatable bonds is 4. The first-order valence-corrected chi connectivity index (χ1v) is 11.5. The lowest BCUT2D eigenvalue weighted by atomic mass is 9.82. The number of carbonyl (C=O) groups excluding carboxylic acids is 1. The molecule has 7 nitrogen and oxygen atoms in total. The average Bonchev–Trinajstić information content (AvgIpc) is 3.46. The van der Waals surface area contributed by atoms with Crippen molar-refractivity contribution in [2.45, 2.75) is 56.2 Å². The van der Waals surface area contributed by atoms with Crippen LogP contribution in [-0.4, -0.2) is 72.2 Å². The molecule has 148 valence electrons. The first-order valence-electron chi connectivity index (χ1n) is 9.70. The van der Waals surface area contributed by atoms with E-state index in [1.807, 2.05) is 4.90 Å². The molecule has 8 heteroatoms. The van der Waals surface area contributed by atoms with E-state index >= 15 is 0 Å². The minimum absolute atomic E-state index is 0.0173. The van der Waals surface area contributed by atoms with Gasteiger partial charge in [-0.3, -0.25) is 9.78 Å². The van der Waals surface area contributed by atoms with Gasteiger partial charge >= 0.3 is 0 Å². The summed E-state index contributed by atoms with van der Waals surface area (Å²) in [4.78, 5) is 18.5. The molecule has 0 N–H and O–H groups in total. The van der Waals surface area contributed by atoms with Crippen LogP contribution in [0.3, 0.4) is 0 Å². The van der Waals surface area contributed by atoms with Crippen molar-refractivity contribution < 1.29 is 17.9 Å². The van der Waals surface area contributed by atoms with Gasteiger partial charge in [0.05, 0.1) is 11.9 Å². The predicted molar refractivity (Wildman–Crippen MR) is 101 cm³/mol. The molecule has 3 heterocycles. The minimum Gasteiger partial charge on any atom is -0.375 e. The quantitative estimate of drug-likeness (QED) is 0.777. The molecule has 3 fully saturated rings. The number of likely N-dealkylation sites (tertiary alicyclic amines) is 1. The molecule has 1 aromatic rings. The summed E-state index contributed by atoms with van der Waals surface area (Å²) in [6.07, 6.45) is 9.50. The van der Waals surface area contributed by atoms with Gasteiger partial charge in [0, 0.05) is 49.7 Å². The Labute approximate surface area is 160 Å². The number of hydrogen-bond donors (Lipinski definition) is 0. The molecular formula is C19H27N3O4S. The molecule has 0 radical (unpaired) electrons. The van der Waals surface area contributed by atoms with Crippen molar-refractivity contribution in [2.75, 3.05) is 26.0 Å². The second-order valence-corrected chi connectivity index (χ2v) is 9.92. The summed E-state index contributed by atoms with van der Waals surface area (Å²) in [5.41, 5.74) is 0.343. The normalized spacial score (nSPS) is 25.7. The number of sulfonamides is 1. The molecule has 3 aliphatic rings. The largest absolute Gasteiger partial charge is 0.375 e. The number of amides is 1. The Morgan fingerprint density at radius 1 is 1.19 bits per heavy atom. The number of nitrogens with zero attached hydrogens (tertiary/aromatic N) is 3. The Kier molecular flexibility index (Phi) is 4.98. The highest BCUT2D eigenvalue weighted by molar-refractivity contribution is 7.88. The molecule has 1 saturated carbocycles. The third-order valence-corrected chi connectivity index (χ3v) is 7.37. The van der Waals surface area contributed by atoms with Crippen LogP contribution in [0.15, 0.2) is 24.5 Å². The van der Waals surface area contributed by atoms with Crippen LogP contribution in [0, 0.1) is 0 Å². The van der Waals surface area contributed by atoms with Crippen LogP contribution in [-0.2, 0) is 14.8 Å². The van der Waals surface area contributed by atoms with Gasteiger partial charge in [-0.15, -0.1) is 0 Å². The van der Waals surface area contributed by atoms with E-state index in [1.54, 1.807) is 28.8 Å². The van der Waals surface area contributed by atoms with Crippen LogP contribution >= 0.6 is 0 Å². The van der Waals surface area contributed by atoms with Gasteiger partial charge in [0.1, 0.15) is 0 Å². The van der Waals surface area contributed by atoms with Crippen LogP contribution in [0.25, 0.3) is 0 Å². The molecule has 1 amide bonds. The monoisotopic (exact) mass is 393 g/mol. The molecule has 27 heavy (non-hydrogen) atoms. The van der Waals surface area contributed by atoms with Crippen LogP contribution in [0.2, 0.25) is 0 Å². The van der Waals surface area contributed by atoms with E-state index in [9.17, 15) is 13.2 Å². The highest BCUT2D eigenvalue weighted by Crippen LogP contribution is 2.41. The topological polar surface area (TPSA) is 79.8 Å². The lowest BCUT2D eigenvalue weighted by molar-refractivity contribution is -0.123. The SMILES string of the molecule is CS(=O)(=O)N(C1CC1)C1CCOC2(CCN(C(=O)c3ccncc3)CC2)C1. The van der Waals surface area contributed by atoms with Crippen molar-refractivity contribution in [3.05, 3.63) is 30.1 Å². The maximum absolute atomic E-state index is 12.6. The molecule has 1 atom stereocenters. The third kappa shape index (κ3) is 4.02. The molecule has 0 aromatic carbocycles. The van der Waals surface area contributed by atoms with Gasteiger partial charge in [-0.1, -0.05) is 0 Å².